The second-order valence-corrected chi connectivity index (χ2v) is 10.3. The zero-order valence-electron chi connectivity index (χ0n) is 21.9. The summed E-state index contributed by atoms with van der Waals surface area (Å²) >= 11 is 0. The minimum absolute atomic E-state index is 0.149. The van der Waals surface area contributed by atoms with E-state index in [0.717, 1.165) is 11.1 Å². The second-order valence-electron chi connectivity index (χ2n) is 10.3. The van der Waals surface area contributed by atoms with Crippen LogP contribution in [-0.4, -0.2) is 66.1 Å². The first-order chi connectivity index (χ1) is 18.1. The van der Waals surface area contributed by atoms with E-state index >= 15 is 0 Å². The SMILES string of the molecule is CC(O[C@@H]1[C@@H](NC(=O)OC(C)(C)C)[C@H](OCc2ccccc2)O[C@@H]2CO[C@@H](c3ccccc3)O[C@@H]12)C(=O)O. The van der Waals surface area contributed by atoms with Crippen molar-refractivity contribution < 1.29 is 43.1 Å². The van der Waals surface area contributed by atoms with Gasteiger partial charge in [0.05, 0.1) is 13.2 Å². The summed E-state index contributed by atoms with van der Waals surface area (Å²) in [6.45, 7) is 6.99. The second kappa shape index (κ2) is 12.2. The molecule has 0 spiro atoms. The van der Waals surface area contributed by atoms with Gasteiger partial charge in [-0.15, -0.1) is 0 Å². The van der Waals surface area contributed by atoms with Gasteiger partial charge in [-0.05, 0) is 33.3 Å². The van der Waals surface area contributed by atoms with Gasteiger partial charge in [-0.2, -0.15) is 0 Å². The Balaban J connectivity index is 1.63. The maximum atomic E-state index is 12.9. The number of amides is 1. The zero-order valence-corrected chi connectivity index (χ0v) is 21.9. The molecule has 4 rings (SSSR count). The van der Waals surface area contributed by atoms with Gasteiger partial charge < -0.3 is 38.8 Å². The number of hydrogen-bond donors (Lipinski definition) is 2. The van der Waals surface area contributed by atoms with Crippen LogP contribution in [0, 0.1) is 0 Å². The molecular weight excluding hydrogens is 494 g/mol. The lowest BCUT2D eigenvalue weighted by Crippen LogP contribution is -2.68. The molecule has 2 aliphatic rings. The predicted molar refractivity (Wildman–Crippen MR) is 135 cm³/mol. The van der Waals surface area contributed by atoms with Crippen molar-refractivity contribution in [3.8, 4) is 0 Å². The van der Waals surface area contributed by atoms with E-state index < -0.39 is 60.7 Å². The van der Waals surface area contributed by atoms with E-state index in [1.807, 2.05) is 60.7 Å². The summed E-state index contributed by atoms with van der Waals surface area (Å²) in [6.07, 6.45) is -6.01. The lowest BCUT2D eigenvalue weighted by molar-refractivity contribution is -0.351. The lowest BCUT2D eigenvalue weighted by Gasteiger charge is -2.49. The summed E-state index contributed by atoms with van der Waals surface area (Å²) in [6, 6.07) is 17.9. The molecule has 0 bridgehead atoms. The van der Waals surface area contributed by atoms with Crippen molar-refractivity contribution in [3.63, 3.8) is 0 Å². The summed E-state index contributed by atoms with van der Waals surface area (Å²) in [5, 5.41) is 12.4. The van der Waals surface area contributed by atoms with E-state index in [0.29, 0.717) is 0 Å². The van der Waals surface area contributed by atoms with Gasteiger partial charge in [-0.1, -0.05) is 60.7 Å². The van der Waals surface area contributed by atoms with Crippen LogP contribution in [0.2, 0.25) is 0 Å². The van der Waals surface area contributed by atoms with Crippen LogP contribution in [0.4, 0.5) is 4.79 Å². The molecule has 7 atom stereocenters. The van der Waals surface area contributed by atoms with Crippen LogP contribution >= 0.6 is 0 Å². The number of alkyl carbamates (subject to hydrolysis) is 1. The highest BCUT2D eigenvalue weighted by Crippen LogP contribution is 2.36. The van der Waals surface area contributed by atoms with Crippen molar-refractivity contribution in [2.24, 2.45) is 0 Å². The maximum absolute atomic E-state index is 12.9. The first-order valence-corrected chi connectivity index (χ1v) is 12.6. The van der Waals surface area contributed by atoms with Crippen molar-refractivity contribution in [3.05, 3.63) is 71.8 Å². The number of carboxylic acid groups (broad SMARTS) is 1. The largest absolute Gasteiger partial charge is 0.479 e. The standard InChI is InChI=1S/C28H35NO9/c1-17(24(30)31)35-23-21(29-27(32)38-28(2,3)4)26(33-15-18-11-7-5-8-12-18)36-20-16-34-25(37-22(20)23)19-13-9-6-10-14-19/h5-14,17,20-23,25-26H,15-16H2,1-4H3,(H,29,32)(H,30,31)/t17?,20-,21-,22-,23-,25-,26-/m1/s1. The number of carbonyl (C=O) groups is 2. The molecule has 2 aromatic carbocycles. The molecule has 0 aliphatic carbocycles. The van der Waals surface area contributed by atoms with Crippen LogP contribution in [0.1, 0.15) is 45.1 Å². The Hall–Kier alpha value is -3.02. The van der Waals surface area contributed by atoms with Gasteiger partial charge in [0.2, 0.25) is 0 Å². The quantitative estimate of drug-likeness (QED) is 0.526. The van der Waals surface area contributed by atoms with Gasteiger partial charge in [0.1, 0.15) is 30.0 Å². The average Bonchev–Trinajstić information content (AvgIpc) is 2.88. The monoisotopic (exact) mass is 529 g/mol. The zero-order chi connectivity index (χ0) is 27.3. The van der Waals surface area contributed by atoms with Gasteiger partial charge in [0.25, 0.3) is 0 Å². The number of benzene rings is 2. The number of carbonyl (C=O) groups excluding carboxylic acids is 1. The summed E-state index contributed by atoms with van der Waals surface area (Å²) in [4.78, 5) is 24.6. The van der Waals surface area contributed by atoms with E-state index in [1.54, 1.807) is 20.8 Å². The summed E-state index contributed by atoms with van der Waals surface area (Å²) in [5.74, 6) is -1.16. The molecule has 2 aromatic rings. The summed E-state index contributed by atoms with van der Waals surface area (Å²) in [5.41, 5.74) is 0.918. The highest BCUT2D eigenvalue weighted by atomic mass is 16.8. The fourth-order valence-corrected chi connectivity index (χ4v) is 4.30. The van der Waals surface area contributed by atoms with Gasteiger partial charge >= 0.3 is 12.1 Å². The first-order valence-electron chi connectivity index (χ1n) is 12.6. The number of rotatable bonds is 8. The third-order valence-electron chi connectivity index (χ3n) is 6.06. The van der Waals surface area contributed by atoms with Crippen LogP contribution in [0.3, 0.4) is 0 Å². The van der Waals surface area contributed by atoms with Crippen molar-refractivity contribution in [1.82, 2.24) is 5.32 Å². The molecule has 2 saturated heterocycles. The topological polar surface area (TPSA) is 122 Å². The van der Waals surface area contributed by atoms with Crippen LogP contribution in [-0.2, 0) is 39.8 Å². The van der Waals surface area contributed by atoms with Crippen molar-refractivity contribution in [2.75, 3.05) is 6.61 Å². The summed E-state index contributed by atoms with van der Waals surface area (Å²) < 4.78 is 36.1. The Morgan fingerprint density at radius 3 is 2.34 bits per heavy atom. The molecule has 10 heteroatoms. The van der Waals surface area contributed by atoms with Gasteiger partial charge in [0.15, 0.2) is 18.7 Å². The molecule has 1 unspecified atom stereocenters. The van der Waals surface area contributed by atoms with E-state index in [2.05, 4.69) is 5.32 Å². The Kier molecular flexibility index (Phi) is 9.01. The average molecular weight is 530 g/mol. The Morgan fingerprint density at radius 1 is 1.05 bits per heavy atom. The van der Waals surface area contributed by atoms with Crippen LogP contribution in [0.5, 0.6) is 0 Å². The van der Waals surface area contributed by atoms with Gasteiger partial charge in [-0.25, -0.2) is 9.59 Å². The Bertz CT molecular complexity index is 1060. The Morgan fingerprint density at radius 2 is 1.71 bits per heavy atom. The minimum Gasteiger partial charge on any atom is -0.479 e. The first kappa shape index (κ1) is 28.0. The van der Waals surface area contributed by atoms with Crippen LogP contribution in [0.25, 0.3) is 0 Å². The van der Waals surface area contributed by atoms with Crippen molar-refractivity contribution >= 4 is 12.1 Å². The molecular formula is C28H35NO9. The molecule has 2 N–H and O–H groups in total. The highest BCUT2D eigenvalue weighted by Gasteiger charge is 2.52. The number of ether oxygens (including phenoxy) is 6. The smallest absolute Gasteiger partial charge is 0.408 e. The fourth-order valence-electron chi connectivity index (χ4n) is 4.30. The maximum Gasteiger partial charge on any atom is 0.408 e. The predicted octanol–water partition coefficient (Wildman–Crippen LogP) is 3.79. The van der Waals surface area contributed by atoms with Crippen LogP contribution < -0.4 is 5.32 Å². The molecule has 0 radical (unpaired) electrons. The molecule has 2 aliphatic heterocycles. The van der Waals surface area contributed by atoms with Gasteiger partial charge in [-0.3, -0.25) is 0 Å². The van der Waals surface area contributed by atoms with E-state index in [-0.39, 0.29) is 13.2 Å². The molecule has 1 amide bonds. The third kappa shape index (κ3) is 7.30. The molecule has 10 nitrogen and oxygen atoms in total. The lowest BCUT2D eigenvalue weighted by atomic mass is 9.95. The van der Waals surface area contributed by atoms with Gasteiger partial charge in [0, 0.05) is 5.56 Å². The highest BCUT2D eigenvalue weighted by molar-refractivity contribution is 5.71. The molecule has 206 valence electrons. The molecule has 2 heterocycles. The molecule has 2 fully saturated rings. The normalized spacial score (nSPS) is 28.1. The van der Waals surface area contributed by atoms with E-state index in [1.165, 1.54) is 6.92 Å². The number of aliphatic carboxylic acids is 1. The third-order valence-corrected chi connectivity index (χ3v) is 6.06. The number of nitrogens with one attached hydrogen (secondary N) is 1. The molecule has 0 saturated carbocycles. The van der Waals surface area contributed by atoms with Crippen LogP contribution in [0.15, 0.2) is 60.7 Å². The number of hydrogen-bond acceptors (Lipinski definition) is 8. The Labute approximate surface area is 222 Å². The van der Waals surface area contributed by atoms with E-state index in [9.17, 15) is 14.7 Å². The van der Waals surface area contributed by atoms with E-state index in [4.69, 9.17) is 28.4 Å². The fraction of sp³-hybridized carbons (Fsp3) is 0.500. The number of carboxylic acids is 1. The summed E-state index contributed by atoms with van der Waals surface area (Å²) in [7, 11) is 0. The minimum atomic E-state index is -1.20. The number of fused-ring (bicyclic) bond motifs is 1. The molecule has 38 heavy (non-hydrogen) atoms. The molecule has 0 aromatic heterocycles. The van der Waals surface area contributed by atoms with Crippen molar-refractivity contribution in [1.29, 1.82) is 0 Å². The van der Waals surface area contributed by atoms with Crippen molar-refractivity contribution in [2.45, 2.75) is 82.9 Å².